The van der Waals surface area contributed by atoms with Gasteiger partial charge in [0.15, 0.2) is 0 Å². The molecule has 0 bridgehead atoms. The first-order valence-electron chi connectivity index (χ1n) is 7.62. The minimum atomic E-state index is -3.80. The van der Waals surface area contributed by atoms with Gasteiger partial charge in [-0.05, 0) is 48.9 Å². The van der Waals surface area contributed by atoms with Crippen LogP contribution < -0.4 is 14.4 Å². The van der Waals surface area contributed by atoms with Gasteiger partial charge in [-0.3, -0.25) is 9.62 Å². The van der Waals surface area contributed by atoms with E-state index in [4.69, 9.17) is 9.47 Å². The number of aryl methyl sites for hydroxylation is 1. The Hall–Kier alpha value is -2.74. The second kappa shape index (κ2) is 6.64. The molecule has 7 nitrogen and oxygen atoms in total. The third kappa shape index (κ3) is 3.53. The van der Waals surface area contributed by atoms with Crippen LogP contribution in [-0.2, 0) is 14.8 Å². The van der Waals surface area contributed by atoms with Gasteiger partial charge in [-0.15, -0.1) is 0 Å². The molecule has 0 unspecified atom stereocenters. The highest BCUT2D eigenvalue weighted by Gasteiger charge is 2.24. The fourth-order valence-electron chi connectivity index (χ4n) is 2.54. The Kier molecular flexibility index (Phi) is 4.54. The quantitative estimate of drug-likeness (QED) is 0.884. The van der Waals surface area contributed by atoms with Crippen LogP contribution >= 0.6 is 0 Å². The number of carbonyl (C=O) groups excluding carboxylic acids is 1. The average Bonchev–Trinajstić information content (AvgIpc) is 3.01. The molecule has 0 radical (unpaired) electrons. The van der Waals surface area contributed by atoms with Gasteiger partial charge in [-0.25, -0.2) is 13.2 Å². The molecular weight excluding hydrogens is 344 g/mol. The van der Waals surface area contributed by atoms with E-state index in [0.29, 0.717) is 24.5 Å². The van der Waals surface area contributed by atoms with Gasteiger partial charge in [-0.1, -0.05) is 6.07 Å². The minimum Gasteiger partial charge on any atom is -0.495 e. The van der Waals surface area contributed by atoms with Crippen molar-refractivity contribution in [2.45, 2.75) is 11.8 Å². The molecule has 3 rings (SSSR count). The molecule has 25 heavy (non-hydrogen) atoms. The summed E-state index contributed by atoms with van der Waals surface area (Å²) in [6.45, 7) is 2.63. The summed E-state index contributed by atoms with van der Waals surface area (Å²) < 4.78 is 37.9. The summed E-state index contributed by atoms with van der Waals surface area (Å²) >= 11 is 0. The van der Waals surface area contributed by atoms with Crippen molar-refractivity contribution in [1.29, 1.82) is 0 Å². The van der Waals surface area contributed by atoms with Crippen LogP contribution in [0.3, 0.4) is 0 Å². The summed E-state index contributed by atoms with van der Waals surface area (Å²) in [6, 6.07) is 11.5. The molecule has 2 aromatic rings. The maximum atomic E-state index is 12.7. The van der Waals surface area contributed by atoms with E-state index in [1.54, 1.807) is 42.5 Å². The Morgan fingerprint density at radius 3 is 2.48 bits per heavy atom. The molecular formula is C17H18N2O5S. The van der Waals surface area contributed by atoms with Gasteiger partial charge in [0.2, 0.25) is 0 Å². The second-order valence-corrected chi connectivity index (χ2v) is 7.22. The molecule has 1 amide bonds. The molecule has 0 atom stereocenters. The SMILES string of the molecule is COc1ccc(C)cc1S(=O)(=O)Nc1ccc(N2CCOC2=O)cc1. The molecule has 8 heteroatoms. The van der Waals surface area contributed by atoms with E-state index in [0.717, 1.165) is 5.56 Å². The van der Waals surface area contributed by atoms with Crippen molar-refractivity contribution < 1.29 is 22.7 Å². The Morgan fingerprint density at radius 1 is 1.16 bits per heavy atom. The maximum Gasteiger partial charge on any atom is 0.414 e. The fourth-order valence-corrected chi connectivity index (χ4v) is 3.86. The van der Waals surface area contributed by atoms with Crippen molar-refractivity contribution in [1.82, 2.24) is 0 Å². The summed E-state index contributed by atoms with van der Waals surface area (Å²) in [4.78, 5) is 13.1. The summed E-state index contributed by atoms with van der Waals surface area (Å²) in [5, 5.41) is 0. The van der Waals surface area contributed by atoms with Gasteiger partial charge in [-0.2, -0.15) is 0 Å². The highest BCUT2D eigenvalue weighted by atomic mass is 32.2. The molecule has 1 aliphatic rings. The largest absolute Gasteiger partial charge is 0.495 e. The summed E-state index contributed by atoms with van der Waals surface area (Å²) in [5.74, 6) is 0.273. The molecule has 1 fully saturated rings. The van der Waals surface area contributed by atoms with Gasteiger partial charge < -0.3 is 9.47 Å². The maximum absolute atomic E-state index is 12.7. The number of cyclic esters (lactones) is 1. The Morgan fingerprint density at radius 2 is 1.88 bits per heavy atom. The first-order chi connectivity index (χ1) is 11.9. The number of amides is 1. The minimum absolute atomic E-state index is 0.0715. The zero-order chi connectivity index (χ0) is 18.0. The lowest BCUT2D eigenvalue weighted by molar-refractivity contribution is 0.181. The van der Waals surface area contributed by atoms with Gasteiger partial charge in [0.1, 0.15) is 17.3 Å². The van der Waals surface area contributed by atoms with Crippen LogP contribution in [0.4, 0.5) is 16.2 Å². The molecule has 1 N–H and O–H groups in total. The molecule has 1 heterocycles. The van der Waals surface area contributed by atoms with Crippen LogP contribution in [0.15, 0.2) is 47.4 Å². The number of hydrogen-bond donors (Lipinski definition) is 1. The second-order valence-electron chi connectivity index (χ2n) is 5.57. The molecule has 0 aliphatic carbocycles. The highest BCUT2D eigenvalue weighted by molar-refractivity contribution is 7.92. The number of rotatable bonds is 5. The van der Waals surface area contributed by atoms with E-state index in [1.165, 1.54) is 12.0 Å². The zero-order valence-corrected chi connectivity index (χ0v) is 14.7. The number of ether oxygens (including phenoxy) is 2. The predicted octanol–water partition coefficient (Wildman–Crippen LogP) is 2.76. The molecule has 1 aliphatic heterocycles. The molecule has 132 valence electrons. The Labute approximate surface area is 146 Å². The molecule has 0 saturated carbocycles. The van der Waals surface area contributed by atoms with Gasteiger partial charge >= 0.3 is 6.09 Å². The van der Waals surface area contributed by atoms with Crippen LogP contribution in [0.5, 0.6) is 5.75 Å². The van der Waals surface area contributed by atoms with Crippen LogP contribution in [0, 0.1) is 6.92 Å². The zero-order valence-electron chi connectivity index (χ0n) is 13.9. The molecule has 0 spiro atoms. The number of sulfonamides is 1. The molecule has 2 aromatic carbocycles. The summed E-state index contributed by atoms with van der Waals surface area (Å²) in [7, 11) is -2.38. The van der Waals surface area contributed by atoms with Crippen molar-refractivity contribution >= 4 is 27.5 Å². The lowest BCUT2D eigenvalue weighted by Gasteiger charge is -2.15. The predicted molar refractivity (Wildman–Crippen MR) is 93.7 cm³/mol. The lowest BCUT2D eigenvalue weighted by Crippen LogP contribution is -2.23. The monoisotopic (exact) mass is 362 g/mol. The van der Waals surface area contributed by atoms with E-state index in [2.05, 4.69) is 4.72 Å². The topological polar surface area (TPSA) is 84.9 Å². The van der Waals surface area contributed by atoms with Crippen LogP contribution in [0.2, 0.25) is 0 Å². The third-order valence-corrected chi connectivity index (χ3v) is 5.20. The first-order valence-corrected chi connectivity index (χ1v) is 9.11. The highest BCUT2D eigenvalue weighted by Crippen LogP contribution is 2.28. The van der Waals surface area contributed by atoms with Crippen LogP contribution in [0.25, 0.3) is 0 Å². The van der Waals surface area contributed by atoms with Gasteiger partial charge in [0.05, 0.1) is 13.7 Å². The van der Waals surface area contributed by atoms with Crippen molar-refractivity contribution in [3.05, 3.63) is 48.0 Å². The Balaban J connectivity index is 1.84. The number of nitrogens with zero attached hydrogens (tertiary/aromatic N) is 1. The smallest absolute Gasteiger partial charge is 0.414 e. The van der Waals surface area contributed by atoms with Gasteiger partial charge in [0, 0.05) is 11.4 Å². The number of carbonyl (C=O) groups is 1. The normalized spacial score (nSPS) is 14.3. The number of benzene rings is 2. The van der Waals surface area contributed by atoms with E-state index >= 15 is 0 Å². The standard InChI is InChI=1S/C17H18N2O5S/c1-12-3-8-15(23-2)16(11-12)25(21,22)18-13-4-6-14(7-5-13)19-9-10-24-17(19)20/h3-8,11,18H,9-10H2,1-2H3. The molecule has 0 aromatic heterocycles. The summed E-state index contributed by atoms with van der Waals surface area (Å²) in [5.41, 5.74) is 1.85. The van der Waals surface area contributed by atoms with E-state index < -0.39 is 16.1 Å². The number of methoxy groups -OCH3 is 1. The van der Waals surface area contributed by atoms with Crippen molar-refractivity contribution in [2.24, 2.45) is 0 Å². The first kappa shape index (κ1) is 17.1. The van der Waals surface area contributed by atoms with E-state index in [1.807, 2.05) is 6.92 Å². The number of nitrogens with one attached hydrogen (secondary N) is 1. The number of anilines is 2. The van der Waals surface area contributed by atoms with Crippen molar-refractivity contribution in [3.8, 4) is 5.75 Å². The third-order valence-electron chi connectivity index (χ3n) is 3.80. The average molecular weight is 362 g/mol. The van der Waals surface area contributed by atoms with Gasteiger partial charge in [0.25, 0.3) is 10.0 Å². The fraction of sp³-hybridized carbons (Fsp3) is 0.235. The van der Waals surface area contributed by atoms with Crippen molar-refractivity contribution in [2.75, 3.05) is 29.9 Å². The molecule has 1 saturated heterocycles. The Bertz CT molecular complexity index is 894. The number of hydrogen-bond acceptors (Lipinski definition) is 5. The lowest BCUT2D eigenvalue weighted by atomic mass is 10.2. The summed E-state index contributed by atoms with van der Waals surface area (Å²) in [6.07, 6.45) is -0.405. The van der Waals surface area contributed by atoms with Crippen LogP contribution in [0.1, 0.15) is 5.56 Å². The van der Waals surface area contributed by atoms with E-state index in [-0.39, 0.29) is 10.6 Å². The van der Waals surface area contributed by atoms with Crippen LogP contribution in [-0.4, -0.2) is 34.8 Å². The van der Waals surface area contributed by atoms with E-state index in [9.17, 15) is 13.2 Å². The van der Waals surface area contributed by atoms with Crippen molar-refractivity contribution in [3.63, 3.8) is 0 Å².